The van der Waals surface area contributed by atoms with Crippen molar-refractivity contribution in [2.45, 2.75) is 4.90 Å². The van der Waals surface area contributed by atoms with E-state index in [-0.39, 0.29) is 41.7 Å². The number of esters is 1. The summed E-state index contributed by atoms with van der Waals surface area (Å²) in [6.07, 6.45) is 1.58. The van der Waals surface area contributed by atoms with Gasteiger partial charge in [0.15, 0.2) is 5.13 Å². The fourth-order valence-corrected chi connectivity index (χ4v) is 4.92. The van der Waals surface area contributed by atoms with Gasteiger partial charge in [0.2, 0.25) is 15.9 Å². The topological polar surface area (TPSA) is 106 Å². The maximum absolute atomic E-state index is 13.1. The third kappa shape index (κ3) is 3.66. The van der Waals surface area contributed by atoms with Crippen molar-refractivity contribution in [3.8, 4) is 5.75 Å². The highest BCUT2D eigenvalue weighted by Crippen LogP contribution is 2.30. The molecular formula is C16H17N3O6S2. The molecule has 0 radical (unpaired) electrons. The molecule has 144 valence electrons. The van der Waals surface area contributed by atoms with Gasteiger partial charge in [-0.1, -0.05) is 0 Å². The Morgan fingerprint density at radius 3 is 2.63 bits per heavy atom. The normalized spacial score (nSPS) is 15.6. The van der Waals surface area contributed by atoms with Gasteiger partial charge in [-0.2, -0.15) is 4.31 Å². The number of aromatic nitrogens is 1. The molecule has 0 unspecified atom stereocenters. The Balaban J connectivity index is 1.91. The minimum atomic E-state index is -4.06. The number of benzene rings is 1. The second-order valence-corrected chi connectivity index (χ2v) is 8.34. The van der Waals surface area contributed by atoms with Crippen molar-refractivity contribution in [3.05, 3.63) is 35.3 Å². The van der Waals surface area contributed by atoms with E-state index in [4.69, 9.17) is 4.74 Å². The van der Waals surface area contributed by atoms with Crippen LogP contribution in [0.1, 0.15) is 10.4 Å². The van der Waals surface area contributed by atoms with Crippen molar-refractivity contribution in [3.63, 3.8) is 0 Å². The summed E-state index contributed by atoms with van der Waals surface area (Å²) in [7, 11) is -1.52. The Labute approximate surface area is 160 Å². The van der Waals surface area contributed by atoms with Crippen LogP contribution in [0.15, 0.2) is 34.7 Å². The number of piperazine rings is 1. The molecule has 1 aromatic heterocycles. The minimum Gasteiger partial charge on any atom is -0.495 e. The van der Waals surface area contributed by atoms with Crippen molar-refractivity contribution >= 4 is 38.4 Å². The molecule has 0 bridgehead atoms. The molecule has 1 aliphatic rings. The molecule has 0 spiro atoms. The molecule has 1 saturated heterocycles. The van der Waals surface area contributed by atoms with Gasteiger partial charge in [0.05, 0.1) is 26.3 Å². The molecule has 11 heteroatoms. The summed E-state index contributed by atoms with van der Waals surface area (Å²) in [5.41, 5.74) is 0.0737. The molecular weight excluding hydrogens is 394 g/mol. The van der Waals surface area contributed by atoms with Crippen LogP contribution >= 0.6 is 11.3 Å². The van der Waals surface area contributed by atoms with E-state index in [1.807, 2.05) is 0 Å². The Morgan fingerprint density at radius 2 is 2.04 bits per heavy atom. The van der Waals surface area contributed by atoms with Crippen molar-refractivity contribution in [2.24, 2.45) is 0 Å². The molecule has 1 aliphatic heterocycles. The van der Waals surface area contributed by atoms with E-state index in [9.17, 15) is 18.0 Å². The minimum absolute atomic E-state index is 0.0737. The fourth-order valence-electron chi connectivity index (χ4n) is 2.67. The number of nitrogens with zero attached hydrogens (tertiary/aromatic N) is 3. The standard InChI is InChI=1S/C16H17N3O6S2/c1-24-12-4-3-11(15(21)25-2)9-13(12)27(22,23)18-6-7-19(14(20)10-18)16-17-5-8-26-16/h3-5,8-9H,6-7,10H2,1-2H3. The van der Waals surface area contributed by atoms with Crippen LogP contribution in [-0.2, 0) is 19.6 Å². The third-order valence-electron chi connectivity index (χ3n) is 4.04. The van der Waals surface area contributed by atoms with Crippen LogP contribution in [0.5, 0.6) is 5.75 Å². The Kier molecular flexibility index (Phi) is 5.44. The molecule has 2 heterocycles. The molecule has 1 aromatic carbocycles. The van der Waals surface area contributed by atoms with Gasteiger partial charge in [0, 0.05) is 24.7 Å². The zero-order valence-electron chi connectivity index (χ0n) is 14.6. The Morgan fingerprint density at radius 1 is 1.26 bits per heavy atom. The van der Waals surface area contributed by atoms with Crippen LogP contribution in [0.3, 0.4) is 0 Å². The van der Waals surface area contributed by atoms with E-state index in [1.54, 1.807) is 11.6 Å². The first-order valence-electron chi connectivity index (χ1n) is 7.85. The van der Waals surface area contributed by atoms with Crippen LogP contribution in [0.25, 0.3) is 0 Å². The molecule has 27 heavy (non-hydrogen) atoms. The first kappa shape index (κ1) is 19.3. The van der Waals surface area contributed by atoms with Crippen molar-refractivity contribution in [2.75, 3.05) is 38.8 Å². The highest BCUT2D eigenvalue weighted by molar-refractivity contribution is 7.89. The van der Waals surface area contributed by atoms with Gasteiger partial charge in [0.25, 0.3) is 0 Å². The number of carbonyl (C=O) groups excluding carboxylic acids is 2. The number of hydrogen-bond acceptors (Lipinski definition) is 8. The lowest BCUT2D eigenvalue weighted by atomic mass is 10.2. The molecule has 1 fully saturated rings. The van der Waals surface area contributed by atoms with Crippen molar-refractivity contribution in [1.82, 2.24) is 9.29 Å². The SMILES string of the molecule is COC(=O)c1ccc(OC)c(S(=O)(=O)N2CCN(c3nccs3)C(=O)C2)c1. The van der Waals surface area contributed by atoms with E-state index < -0.39 is 16.0 Å². The summed E-state index contributed by atoms with van der Waals surface area (Å²) in [5, 5.41) is 2.27. The van der Waals surface area contributed by atoms with E-state index in [0.29, 0.717) is 5.13 Å². The van der Waals surface area contributed by atoms with Crippen LogP contribution in [0, 0.1) is 0 Å². The predicted molar refractivity (Wildman–Crippen MR) is 97.6 cm³/mol. The molecule has 9 nitrogen and oxygen atoms in total. The van der Waals surface area contributed by atoms with Gasteiger partial charge in [-0.05, 0) is 18.2 Å². The van der Waals surface area contributed by atoms with Gasteiger partial charge in [-0.25, -0.2) is 18.2 Å². The molecule has 0 aliphatic carbocycles. The van der Waals surface area contributed by atoms with E-state index in [0.717, 1.165) is 4.31 Å². The van der Waals surface area contributed by atoms with E-state index in [2.05, 4.69) is 9.72 Å². The smallest absolute Gasteiger partial charge is 0.337 e. The van der Waals surface area contributed by atoms with Crippen LogP contribution in [0.4, 0.5) is 5.13 Å². The zero-order valence-corrected chi connectivity index (χ0v) is 16.2. The maximum Gasteiger partial charge on any atom is 0.337 e. The first-order chi connectivity index (χ1) is 12.9. The van der Waals surface area contributed by atoms with Crippen molar-refractivity contribution in [1.29, 1.82) is 0 Å². The average Bonchev–Trinajstić information content (AvgIpc) is 3.21. The number of thiazole rings is 1. The predicted octanol–water partition coefficient (Wildman–Crippen LogP) is 0.976. The lowest BCUT2D eigenvalue weighted by Gasteiger charge is -2.32. The second-order valence-electron chi connectivity index (χ2n) is 5.56. The van der Waals surface area contributed by atoms with Crippen LogP contribution < -0.4 is 9.64 Å². The van der Waals surface area contributed by atoms with Gasteiger partial charge in [-0.15, -0.1) is 11.3 Å². The molecule has 0 N–H and O–H groups in total. The number of methoxy groups -OCH3 is 2. The summed E-state index contributed by atoms with van der Waals surface area (Å²) in [6.45, 7) is -0.0443. The van der Waals surface area contributed by atoms with Crippen molar-refractivity contribution < 1.29 is 27.5 Å². The fraction of sp³-hybridized carbons (Fsp3) is 0.312. The maximum atomic E-state index is 13.1. The summed E-state index contributed by atoms with van der Waals surface area (Å²) in [4.78, 5) is 29.5. The second kappa shape index (κ2) is 7.62. The quantitative estimate of drug-likeness (QED) is 0.675. The number of carbonyl (C=O) groups is 2. The molecule has 0 atom stereocenters. The third-order valence-corrected chi connectivity index (χ3v) is 6.70. The highest BCUT2D eigenvalue weighted by atomic mass is 32.2. The molecule has 3 rings (SSSR count). The van der Waals surface area contributed by atoms with E-state index >= 15 is 0 Å². The summed E-state index contributed by atoms with van der Waals surface area (Å²) in [5.74, 6) is -0.959. The average molecular weight is 411 g/mol. The molecule has 1 amide bonds. The van der Waals surface area contributed by atoms with Crippen LogP contribution in [-0.4, -0.2) is 63.4 Å². The number of anilines is 1. The number of sulfonamides is 1. The van der Waals surface area contributed by atoms with E-state index in [1.165, 1.54) is 48.7 Å². The summed E-state index contributed by atoms with van der Waals surface area (Å²) in [6, 6.07) is 3.99. The summed E-state index contributed by atoms with van der Waals surface area (Å²) >= 11 is 1.31. The monoisotopic (exact) mass is 411 g/mol. The first-order valence-corrected chi connectivity index (χ1v) is 10.2. The number of hydrogen-bond donors (Lipinski definition) is 0. The largest absolute Gasteiger partial charge is 0.495 e. The lowest BCUT2D eigenvalue weighted by Crippen LogP contribution is -2.52. The Hall–Kier alpha value is -2.50. The number of amides is 1. The highest BCUT2D eigenvalue weighted by Gasteiger charge is 2.36. The van der Waals surface area contributed by atoms with Crippen LogP contribution in [0.2, 0.25) is 0 Å². The molecule has 0 saturated carbocycles. The summed E-state index contributed by atoms with van der Waals surface area (Å²) < 4.78 is 37.0. The van der Waals surface area contributed by atoms with Gasteiger partial charge in [-0.3, -0.25) is 9.69 Å². The van der Waals surface area contributed by atoms with Gasteiger partial charge < -0.3 is 9.47 Å². The van der Waals surface area contributed by atoms with Gasteiger partial charge >= 0.3 is 5.97 Å². The lowest BCUT2D eigenvalue weighted by molar-refractivity contribution is -0.119. The zero-order chi connectivity index (χ0) is 19.6. The number of rotatable bonds is 5. The van der Waals surface area contributed by atoms with Gasteiger partial charge in [0.1, 0.15) is 10.6 Å². The Bertz CT molecular complexity index is 959. The molecule has 2 aromatic rings. The number of ether oxygens (including phenoxy) is 2.